The summed E-state index contributed by atoms with van der Waals surface area (Å²) in [5.74, 6) is -1.10. The van der Waals surface area contributed by atoms with E-state index in [9.17, 15) is 13.6 Å². The van der Waals surface area contributed by atoms with E-state index in [-0.39, 0.29) is 17.6 Å². The minimum Gasteiger partial charge on any atom is -0.311 e. The molecule has 2 aliphatic rings. The van der Waals surface area contributed by atoms with Crippen LogP contribution < -0.4 is 5.32 Å². The fraction of sp³-hybridized carbons (Fsp3) is 0.375. The van der Waals surface area contributed by atoms with E-state index in [1.54, 1.807) is 4.90 Å². The fourth-order valence-corrected chi connectivity index (χ4v) is 6.31. The molecule has 4 nitrogen and oxygen atoms in total. The maximum atomic E-state index is 14.2. The number of amides is 2. The molecule has 7 heteroatoms. The van der Waals surface area contributed by atoms with Gasteiger partial charge in [-0.1, -0.05) is 13.8 Å². The second-order valence-electron chi connectivity index (χ2n) is 8.67. The van der Waals surface area contributed by atoms with Crippen molar-refractivity contribution in [1.82, 2.24) is 9.47 Å². The number of anilines is 1. The van der Waals surface area contributed by atoms with Crippen LogP contribution in [-0.2, 0) is 19.4 Å². The maximum Gasteiger partial charge on any atom is 0.322 e. The summed E-state index contributed by atoms with van der Waals surface area (Å²) in [5.41, 5.74) is 3.46. The van der Waals surface area contributed by atoms with Crippen molar-refractivity contribution in [3.8, 4) is 5.00 Å². The van der Waals surface area contributed by atoms with Crippen LogP contribution in [0.15, 0.2) is 36.5 Å². The van der Waals surface area contributed by atoms with Gasteiger partial charge in [-0.05, 0) is 61.4 Å². The predicted octanol–water partition coefficient (Wildman–Crippen LogP) is 6.44. The van der Waals surface area contributed by atoms with Crippen molar-refractivity contribution in [3.63, 3.8) is 0 Å². The van der Waals surface area contributed by atoms with Gasteiger partial charge >= 0.3 is 6.03 Å². The van der Waals surface area contributed by atoms with Gasteiger partial charge in [0.1, 0.15) is 16.6 Å². The van der Waals surface area contributed by atoms with Crippen molar-refractivity contribution in [2.75, 3.05) is 5.32 Å². The molecular formula is C24H25F2N3OS. The zero-order valence-corrected chi connectivity index (χ0v) is 18.4. The lowest BCUT2D eigenvalue weighted by Crippen LogP contribution is -2.39. The van der Waals surface area contributed by atoms with Gasteiger partial charge in [-0.3, -0.25) is 0 Å². The van der Waals surface area contributed by atoms with Crippen molar-refractivity contribution in [2.45, 2.75) is 52.1 Å². The van der Waals surface area contributed by atoms with Crippen LogP contribution >= 0.6 is 11.3 Å². The quantitative estimate of drug-likeness (QED) is 0.488. The third-order valence-corrected chi connectivity index (χ3v) is 7.62. The topological polar surface area (TPSA) is 37.3 Å². The second-order valence-corrected chi connectivity index (χ2v) is 9.75. The van der Waals surface area contributed by atoms with Gasteiger partial charge in [0.05, 0.1) is 18.3 Å². The summed E-state index contributed by atoms with van der Waals surface area (Å²) in [7, 11) is 0. The van der Waals surface area contributed by atoms with Crippen molar-refractivity contribution in [1.29, 1.82) is 0 Å². The number of thiophene rings is 1. The molecule has 1 aromatic carbocycles. The molecule has 1 aliphatic carbocycles. The molecule has 1 N–H and O–H groups in total. The minimum absolute atomic E-state index is 0.139. The van der Waals surface area contributed by atoms with Crippen LogP contribution in [0.25, 0.3) is 5.00 Å². The normalized spacial score (nSPS) is 17.7. The van der Waals surface area contributed by atoms with Gasteiger partial charge in [0.25, 0.3) is 0 Å². The third kappa shape index (κ3) is 3.45. The van der Waals surface area contributed by atoms with E-state index in [4.69, 9.17) is 0 Å². The monoisotopic (exact) mass is 441 g/mol. The first-order chi connectivity index (χ1) is 14.9. The third-order valence-electron chi connectivity index (χ3n) is 6.29. The molecule has 0 saturated heterocycles. The molecule has 31 heavy (non-hydrogen) atoms. The lowest BCUT2D eigenvalue weighted by Gasteiger charge is -2.33. The van der Waals surface area contributed by atoms with Gasteiger partial charge in [0, 0.05) is 28.4 Å². The Hall–Kier alpha value is -2.67. The van der Waals surface area contributed by atoms with Crippen molar-refractivity contribution < 1.29 is 13.6 Å². The summed E-state index contributed by atoms with van der Waals surface area (Å²) in [5, 5.41) is 3.81. The van der Waals surface area contributed by atoms with Crippen LogP contribution in [0.2, 0.25) is 0 Å². The van der Waals surface area contributed by atoms with Gasteiger partial charge in [-0.25, -0.2) is 13.6 Å². The molecule has 162 valence electrons. The van der Waals surface area contributed by atoms with Crippen LogP contribution in [0.5, 0.6) is 0 Å². The number of benzene rings is 1. The Labute approximate surface area is 184 Å². The number of nitrogens with one attached hydrogen (secondary N) is 1. The number of aromatic nitrogens is 1. The first-order valence-corrected chi connectivity index (χ1v) is 11.6. The van der Waals surface area contributed by atoms with E-state index in [1.165, 1.54) is 27.4 Å². The molecule has 1 aliphatic heterocycles. The molecule has 5 rings (SSSR count). The Bertz CT molecular complexity index is 1150. The summed E-state index contributed by atoms with van der Waals surface area (Å²) in [6.07, 6.45) is 6.53. The average Bonchev–Trinajstić information content (AvgIpc) is 3.32. The molecule has 2 amide bonds. The Morgan fingerprint density at radius 1 is 1.16 bits per heavy atom. The number of hydrogen-bond donors (Lipinski definition) is 1. The number of carbonyl (C=O) groups is 1. The molecule has 0 saturated carbocycles. The van der Waals surface area contributed by atoms with E-state index in [0.717, 1.165) is 43.2 Å². The average molecular weight is 442 g/mol. The molecule has 3 aromatic rings. The van der Waals surface area contributed by atoms with Gasteiger partial charge in [-0.15, -0.1) is 11.3 Å². The zero-order valence-electron chi connectivity index (χ0n) is 17.6. The van der Waals surface area contributed by atoms with Gasteiger partial charge < -0.3 is 14.8 Å². The number of halogens is 2. The Balaban J connectivity index is 1.60. The van der Waals surface area contributed by atoms with E-state index >= 15 is 0 Å². The van der Waals surface area contributed by atoms with Crippen LogP contribution in [0.1, 0.15) is 54.4 Å². The van der Waals surface area contributed by atoms with Crippen molar-refractivity contribution in [3.05, 3.63) is 69.9 Å². The lowest BCUT2D eigenvalue weighted by atomic mass is 9.94. The highest BCUT2D eigenvalue weighted by Gasteiger charge is 2.36. The highest BCUT2D eigenvalue weighted by molar-refractivity contribution is 7.15. The lowest BCUT2D eigenvalue weighted by molar-refractivity contribution is 0.161. The minimum atomic E-state index is -0.650. The molecule has 1 atom stereocenters. The molecule has 2 aromatic heterocycles. The Morgan fingerprint density at radius 3 is 2.77 bits per heavy atom. The summed E-state index contributed by atoms with van der Waals surface area (Å²) in [6.45, 7) is 4.62. The second kappa shape index (κ2) is 7.79. The van der Waals surface area contributed by atoms with E-state index in [0.29, 0.717) is 6.54 Å². The SMILES string of the molecule is CC(C)C1c2cccn2-c2sc3c(c2CN1C(=O)Nc1cc(F)ccc1F)CCCC3. The number of hydrogen-bond acceptors (Lipinski definition) is 2. The van der Waals surface area contributed by atoms with E-state index < -0.39 is 17.7 Å². The summed E-state index contributed by atoms with van der Waals surface area (Å²) < 4.78 is 30.1. The van der Waals surface area contributed by atoms with Crippen LogP contribution in [-0.4, -0.2) is 15.5 Å². The molecule has 0 bridgehead atoms. The first kappa shape index (κ1) is 20.2. The molecular weight excluding hydrogens is 416 g/mol. The van der Waals surface area contributed by atoms with Gasteiger partial charge in [0.15, 0.2) is 0 Å². The smallest absolute Gasteiger partial charge is 0.311 e. The van der Waals surface area contributed by atoms with Crippen molar-refractivity contribution in [2.24, 2.45) is 5.92 Å². The van der Waals surface area contributed by atoms with Gasteiger partial charge in [-0.2, -0.15) is 0 Å². The Kier molecular flexibility index (Phi) is 5.08. The number of carbonyl (C=O) groups excluding carboxylic acids is 1. The van der Waals surface area contributed by atoms with Crippen LogP contribution in [0.4, 0.5) is 19.3 Å². The molecule has 0 spiro atoms. The maximum absolute atomic E-state index is 14.2. The standard InChI is InChI=1S/C24H25F2N3OS/c1-14(2)22-20-7-5-11-28(20)23-17(16-6-3-4-8-21(16)31-23)13-29(22)24(30)27-19-12-15(25)9-10-18(19)26/h5,7,9-12,14,22H,3-4,6,8,13H2,1-2H3,(H,27,30). The summed E-state index contributed by atoms with van der Waals surface area (Å²) in [6, 6.07) is 6.57. The largest absolute Gasteiger partial charge is 0.322 e. The molecule has 0 radical (unpaired) electrons. The zero-order chi connectivity index (χ0) is 21.7. The van der Waals surface area contributed by atoms with E-state index in [2.05, 4.69) is 36.0 Å². The number of nitrogens with zero attached hydrogens (tertiary/aromatic N) is 2. The predicted molar refractivity (Wildman–Crippen MR) is 119 cm³/mol. The summed E-state index contributed by atoms with van der Waals surface area (Å²) >= 11 is 1.83. The highest BCUT2D eigenvalue weighted by Crippen LogP contribution is 2.44. The van der Waals surface area contributed by atoms with Crippen LogP contribution in [0, 0.1) is 17.6 Å². The number of urea groups is 1. The summed E-state index contributed by atoms with van der Waals surface area (Å²) in [4.78, 5) is 16.6. The first-order valence-electron chi connectivity index (χ1n) is 10.8. The van der Waals surface area contributed by atoms with Crippen LogP contribution in [0.3, 0.4) is 0 Å². The van der Waals surface area contributed by atoms with E-state index in [1.807, 2.05) is 17.4 Å². The van der Waals surface area contributed by atoms with Crippen molar-refractivity contribution >= 4 is 23.1 Å². The molecule has 1 unspecified atom stereocenters. The van der Waals surface area contributed by atoms with Gasteiger partial charge in [0.2, 0.25) is 0 Å². The Morgan fingerprint density at radius 2 is 1.97 bits per heavy atom. The highest BCUT2D eigenvalue weighted by atomic mass is 32.1. The number of aryl methyl sites for hydroxylation is 1. The number of fused-ring (bicyclic) bond motifs is 5. The fourth-order valence-electron chi connectivity index (χ4n) is 4.90. The molecule has 3 heterocycles. The number of rotatable bonds is 2. The molecule has 0 fully saturated rings.